The van der Waals surface area contributed by atoms with Crippen molar-refractivity contribution in [2.75, 3.05) is 11.9 Å². The molecule has 0 atom stereocenters. The number of rotatable bonds is 4. The summed E-state index contributed by atoms with van der Waals surface area (Å²) >= 11 is 0. The average molecular weight is 256 g/mol. The van der Waals surface area contributed by atoms with Gasteiger partial charge in [0.15, 0.2) is 0 Å². The topological polar surface area (TPSA) is 42.7 Å². The molecule has 2 aromatic rings. The van der Waals surface area contributed by atoms with Crippen LogP contribution < -0.4 is 5.32 Å². The molecule has 1 N–H and O–H groups in total. The van der Waals surface area contributed by atoms with E-state index in [1.54, 1.807) is 0 Å². The van der Waals surface area contributed by atoms with Gasteiger partial charge in [0.1, 0.15) is 11.6 Å². The first-order valence-corrected chi connectivity index (χ1v) is 7.04. The molecular weight excluding hydrogens is 236 g/mol. The SMILES string of the molecule is Cc1ccc(NCCc2nnc3n2CCCC3)cc1. The summed E-state index contributed by atoms with van der Waals surface area (Å²) in [6.07, 6.45) is 4.52. The Kier molecular flexibility index (Phi) is 3.49. The molecule has 0 amide bonds. The van der Waals surface area contributed by atoms with Crippen LogP contribution in [0.3, 0.4) is 0 Å². The molecule has 19 heavy (non-hydrogen) atoms. The van der Waals surface area contributed by atoms with Crippen molar-refractivity contribution in [3.8, 4) is 0 Å². The third-order valence-electron chi connectivity index (χ3n) is 3.67. The number of hydrogen-bond acceptors (Lipinski definition) is 3. The fourth-order valence-corrected chi connectivity index (χ4v) is 2.54. The second-order valence-electron chi connectivity index (χ2n) is 5.18. The highest BCUT2D eigenvalue weighted by Crippen LogP contribution is 2.15. The maximum atomic E-state index is 4.32. The van der Waals surface area contributed by atoms with Crippen LogP contribution in [-0.4, -0.2) is 21.3 Å². The largest absolute Gasteiger partial charge is 0.385 e. The summed E-state index contributed by atoms with van der Waals surface area (Å²) in [5.74, 6) is 2.28. The van der Waals surface area contributed by atoms with Gasteiger partial charge in [0.05, 0.1) is 0 Å². The Morgan fingerprint density at radius 3 is 2.84 bits per heavy atom. The Balaban J connectivity index is 1.57. The maximum absolute atomic E-state index is 4.32. The second-order valence-corrected chi connectivity index (χ2v) is 5.18. The number of benzene rings is 1. The molecule has 1 aromatic carbocycles. The van der Waals surface area contributed by atoms with Crippen molar-refractivity contribution < 1.29 is 0 Å². The van der Waals surface area contributed by atoms with Gasteiger partial charge >= 0.3 is 0 Å². The summed E-state index contributed by atoms with van der Waals surface area (Å²) in [5.41, 5.74) is 2.46. The van der Waals surface area contributed by atoms with Crippen molar-refractivity contribution in [1.29, 1.82) is 0 Å². The highest BCUT2D eigenvalue weighted by atomic mass is 15.3. The monoisotopic (exact) mass is 256 g/mol. The molecule has 0 saturated carbocycles. The van der Waals surface area contributed by atoms with Crippen LogP contribution in [0.1, 0.15) is 30.1 Å². The highest BCUT2D eigenvalue weighted by molar-refractivity contribution is 5.44. The number of anilines is 1. The molecular formula is C15H20N4. The van der Waals surface area contributed by atoms with Crippen molar-refractivity contribution in [2.45, 2.75) is 39.2 Å². The smallest absolute Gasteiger partial charge is 0.134 e. The summed E-state index contributed by atoms with van der Waals surface area (Å²) in [5, 5.41) is 12.0. The van der Waals surface area contributed by atoms with E-state index in [2.05, 4.69) is 51.3 Å². The van der Waals surface area contributed by atoms with Gasteiger partial charge in [-0.3, -0.25) is 0 Å². The number of aryl methyl sites for hydroxylation is 2. The minimum absolute atomic E-state index is 0.904. The van der Waals surface area contributed by atoms with Gasteiger partial charge in [-0.2, -0.15) is 0 Å². The maximum Gasteiger partial charge on any atom is 0.134 e. The van der Waals surface area contributed by atoms with E-state index in [1.165, 1.54) is 24.1 Å². The van der Waals surface area contributed by atoms with Gasteiger partial charge in [-0.1, -0.05) is 17.7 Å². The summed E-state index contributed by atoms with van der Waals surface area (Å²) in [7, 11) is 0. The fourth-order valence-electron chi connectivity index (χ4n) is 2.54. The van der Waals surface area contributed by atoms with Crippen LogP contribution in [0.4, 0.5) is 5.69 Å². The summed E-state index contributed by atoms with van der Waals surface area (Å²) < 4.78 is 2.29. The summed E-state index contributed by atoms with van der Waals surface area (Å²) in [6, 6.07) is 8.49. The number of nitrogens with one attached hydrogen (secondary N) is 1. The lowest BCUT2D eigenvalue weighted by Crippen LogP contribution is -2.15. The number of hydrogen-bond donors (Lipinski definition) is 1. The van der Waals surface area contributed by atoms with Gasteiger partial charge in [0.25, 0.3) is 0 Å². The Bertz CT molecular complexity index is 542. The lowest BCUT2D eigenvalue weighted by Gasteiger charge is -2.14. The minimum Gasteiger partial charge on any atom is -0.385 e. The van der Waals surface area contributed by atoms with Gasteiger partial charge in [-0.05, 0) is 31.9 Å². The molecule has 2 heterocycles. The molecule has 0 spiro atoms. The zero-order valence-corrected chi connectivity index (χ0v) is 11.4. The predicted molar refractivity (Wildman–Crippen MR) is 76.3 cm³/mol. The molecule has 0 bridgehead atoms. The Hall–Kier alpha value is -1.84. The Morgan fingerprint density at radius 1 is 1.16 bits per heavy atom. The number of aromatic nitrogens is 3. The molecule has 3 rings (SSSR count). The Labute approximate surface area is 113 Å². The molecule has 4 nitrogen and oxygen atoms in total. The van der Waals surface area contributed by atoms with Crippen LogP contribution in [0.2, 0.25) is 0 Å². The number of fused-ring (bicyclic) bond motifs is 1. The van der Waals surface area contributed by atoms with E-state index in [-0.39, 0.29) is 0 Å². The first kappa shape index (κ1) is 12.2. The van der Waals surface area contributed by atoms with Crippen molar-refractivity contribution in [3.63, 3.8) is 0 Å². The van der Waals surface area contributed by atoms with E-state index in [0.717, 1.165) is 37.6 Å². The normalized spacial score (nSPS) is 14.2. The zero-order chi connectivity index (χ0) is 13.1. The molecule has 0 aliphatic carbocycles. The average Bonchev–Trinajstić information content (AvgIpc) is 2.85. The zero-order valence-electron chi connectivity index (χ0n) is 11.4. The first-order chi connectivity index (χ1) is 9.33. The van der Waals surface area contributed by atoms with E-state index in [4.69, 9.17) is 0 Å². The van der Waals surface area contributed by atoms with Crippen LogP contribution in [0.25, 0.3) is 0 Å². The highest BCUT2D eigenvalue weighted by Gasteiger charge is 2.14. The third kappa shape index (κ3) is 2.78. The lowest BCUT2D eigenvalue weighted by molar-refractivity contribution is 0.508. The molecule has 1 aliphatic heterocycles. The molecule has 0 fully saturated rings. The molecule has 0 radical (unpaired) electrons. The van der Waals surface area contributed by atoms with Crippen LogP contribution in [-0.2, 0) is 19.4 Å². The van der Waals surface area contributed by atoms with Gasteiger partial charge in [0.2, 0.25) is 0 Å². The van der Waals surface area contributed by atoms with Gasteiger partial charge in [-0.25, -0.2) is 0 Å². The van der Waals surface area contributed by atoms with Crippen LogP contribution in [0.15, 0.2) is 24.3 Å². The molecule has 0 unspecified atom stereocenters. The quantitative estimate of drug-likeness (QED) is 0.914. The van der Waals surface area contributed by atoms with Gasteiger partial charge in [-0.15, -0.1) is 10.2 Å². The Morgan fingerprint density at radius 2 is 2.00 bits per heavy atom. The standard InChI is InChI=1S/C15H20N4/c1-12-5-7-13(8-6-12)16-10-9-15-18-17-14-4-2-3-11-19(14)15/h5-8,16H,2-4,9-11H2,1H3. The van der Waals surface area contributed by atoms with Crippen molar-refractivity contribution >= 4 is 5.69 Å². The third-order valence-corrected chi connectivity index (χ3v) is 3.67. The van der Waals surface area contributed by atoms with E-state index >= 15 is 0 Å². The van der Waals surface area contributed by atoms with Crippen molar-refractivity contribution in [3.05, 3.63) is 41.5 Å². The summed E-state index contributed by atoms with van der Waals surface area (Å²) in [4.78, 5) is 0. The van der Waals surface area contributed by atoms with E-state index in [1.807, 2.05) is 0 Å². The molecule has 4 heteroatoms. The molecule has 1 aliphatic rings. The molecule has 1 aromatic heterocycles. The summed E-state index contributed by atoms with van der Waals surface area (Å²) in [6.45, 7) is 4.09. The predicted octanol–water partition coefficient (Wildman–Crippen LogP) is 2.58. The first-order valence-electron chi connectivity index (χ1n) is 7.04. The van der Waals surface area contributed by atoms with E-state index < -0.39 is 0 Å². The minimum atomic E-state index is 0.904. The lowest BCUT2D eigenvalue weighted by atomic mass is 10.1. The van der Waals surface area contributed by atoms with Gasteiger partial charge in [0, 0.05) is 31.6 Å². The fraction of sp³-hybridized carbons (Fsp3) is 0.467. The van der Waals surface area contributed by atoms with Crippen LogP contribution in [0, 0.1) is 6.92 Å². The van der Waals surface area contributed by atoms with Crippen molar-refractivity contribution in [2.24, 2.45) is 0 Å². The molecule has 100 valence electrons. The molecule has 0 saturated heterocycles. The van der Waals surface area contributed by atoms with Crippen LogP contribution in [0.5, 0.6) is 0 Å². The van der Waals surface area contributed by atoms with Crippen LogP contribution >= 0.6 is 0 Å². The second kappa shape index (κ2) is 5.43. The van der Waals surface area contributed by atoms with E-state index in [9.17, 15) is 0 Å². The van der Waals surface area contributed by atoms with E-state index in [0.29, 0.717) is 0 Å². The van der Waals surface area contributed by atoms with Gasteiger partial charge < -0.3 is 9.88 Å². The van der Waals surface area contributed by atoms with Crippen molar-refractivity contribution in [1.82, 2.24) is 14.8 Å². The number of nitrogens with zero attached hydrogens (tertiary/aromatic N) is 3.